The van der Waals surface area contributed by atoms with Crippen LogP contribution in [0.25, 0.3) is 0 Å². The van der Waals surface area contributed by atoms with E-state index in [0.717, 1.165) is 51.7 Å². The molecule has 2 aliphatic heterocycles. The van der Waals surface area contributed by atoms with Crippen LogP contribution in [-0.4, -0.2) is 61.0 Å². The Kier molecular flexibility index (Phi) is 4.61. The zero-order chi connectivity index (χ0) is 13.9. The van der Waals surface area contributed by atoms with Gasteiger partial charge in [0.15, 0.2) is 0 Å². The molecule has 2 atom stereocenters. The van der Waals surface area contributed by atoms with Crippen molar-refractivity contribution >= 4 is 5.91 Å². The van der Waals surface area contributed by atoms with Crippen LogP contribution in [0, 0.1) is 11.8 Å². The Hall–Kier alpha value is -0.610. The van der Waals surface area contributed by atoms with Gasteiger partial charge in [0, 0.05) is 38.6 Å². The van der Waals surface area contributed by atoms with Gasteiger partial charge in [0.2, 0.25) is 5.91 Å². The van der Waals surface area contributed by atoms with Crippen LogP contribution in [-0.2, 0) is 4.79 Å². The summed E-state index contributed by atoms with van der Waals surface area (Å²) in [6.07, 6.45) is 6.05. The summed E-state index contributed by atoms with van der Waals surface area (Å²) in [6.45, 7) is 8.60. The average molecular weight is 279 g/mol. The third-order valence-electron chi connectivity index (χ3n) is 5.37. The van der Waals surface area contributed by atoms with Gasteiger partial charge in [-0.25, -0.2) is 0 Å². The van der Waals surface area contributed by atoms with E-state index in [1.807, 2.05) is 0 Å². The second-order valence-corrected chi connectivity index (χ2v) is 6.94. The van der Waals surface area contributed by atoms with Crippen molar-refractivity contribution in [2.24, 2.45) is 11.8 Å². The van der Waals surface area contributed by atoms with Gasteiger partial charge in [-0.3, -0.25) is 9.69 Å². The van der Waals surface area contributed by atoms with Crippen LogP contribution in [0.3, 0.4) is 0 Å². The quantitative estimate of drug-likeness (QED) is 0.843. The topological polar surface area (TPSA) is 35.6 Å². The monoisotopic (exact) mass is 279 g/mol. The minimum absolute atomic E-state index is 0.388. The predicted molar refractivity (Wildman–Crippen MR) is 80.5 cm³/mol. The summed E-state index contributed by atoms with van der Waals surface area (Å²) < 4.78 is 0. The summed E-state index contributed by atoms with van der Waals surface area (Å²) in [7, 11) is 0. The van der Waals surface area contributed by atoms with E-state index in [1.165, 1.54) is 25.7 Å². The number of piperidine rings is 1. The maximum Gasteiger partial charge on any atom is 0.222 e. The van der Waals surface area contributed by atoms with Gasteiger partial charge in [0.05, 0.1) is 0 Å². The standard InChI is InChI=1S/C16H29N3O/c1-13(14-3-2-6-17-12-14)11-16(20)19-9-7-18(8-10-19)15-4-5-15/h13-15,17H,2-12H2,1H3. The lowest BCUT2D eigenvalue weighted by molar-refractivity contribution is -0.134. The first-order valence-corrected chi connectivity index (χ1v) is 8.46. The number of rotatable bonds is 4. The third-order valence-corrected chi connectivity index (χ3v) is 5.37. The second kappa shape index (κ2) is 6.44. The molecule has 1 aliphatic carbocycles. The molecule has 2 unspecified atom stereocenters. The van der Waals surface area contributed by atoms with Crippen LogP contribution in [0.2, 0.25) is 0 Å². The number of hydrogen-bond acceptors (Lipinski definition) is 3. The molecule has 20 heavy (non-hydrogen) atoms. The lowest BCUT2D eigenvalue weighted by Crippen LogP contribution is -2.49. The number of nitrogens with one attached hydrogen (secondary N) is 1. The molecule has 2 heterocycles. The van der Waals surface area contributed by atoms with Gasteiger partial charge >= 0.3 is 0 Å². The summed E-state index contributed by atoms with van der Waals surface area (Å²) >= 11 is 0. The first-order chi connectivity index (χ1) is 9.74. The summed E-state index contributed by atoms with van der Waals surface area (Å²) in [5.74, 6) is 1.61. The van der Waals surface area contributed by atoms with Crippen molar-refractivity contribution in [3.8, 4) is 0 Å². The molecule has 1 saturated carbocycles. The third kappa shape index (κ3) is 3.53. The van der Waals surface area contributed by atoms with Crippen molar-refractivity contribution in [1.82, 2.24) is 15.1 Å². The molecule has 0 aromatic carbocycles. The van der Waals surface area contributed by atoms with Crippen molar-refractivity contribution in [3.63, 3.8) is 0 Å². The van der Waals surface area contributed by atoms with Crippen LogP contribution < -0.4 is 5.32 Å². The number of hydrogen-bond donors (Lipinski definition) is 1. The molecule has 0 bridgehead atoms. The summed E-state index contributed by atoms with van der Waals surface area (Å²) in [5, 5.41) is 3.46. The molecule has 3 aliphatic rings. The van der Waals surface area contributed by atoms with Crippen molar-refractivity contribution in [3.05, 3.63) is 0 Å². The Bertz CT molecular complexity index is 329. The highest BCUT2D eigenvalue weighted by molar-refractivity contribution is 5.76. The molecule has 0 radical (unpaired) electrons. The summed E-state index contributed by atoms with van der Waals surface area (Å²) in [6, 6.07) is 0.847. The van der Waals surface area contributed by atoms with Gasteiger partial charge < -0.3 is 10.2 Å². The lowest BCUT2D eigenvalue weighted by atomic mass is 9.85. The molecular weight excluding hydrogens is 250 g/mol. The minimum atomic E-state index is 0.388. The normalized spacial score (nSPS) is 30.2. The highest BCUT2D eigenvalue weighted by Crippen LogP contribution is 2.28. The Morgan fingerprint density at radius 2 is 1.95 bits per heavy atom. The Morgan fingerprint density at radius 3 is 2.55 bits per heavy atom. The number of nitrogens with zero attached hydrogens (tertiary/aromatic N) is 2. The molecule has 2 saturated heterocycles. The first-order valence-electron chi connectivity index (χ1n) is 8.46. The smallest absolute Gasteiger partial charge is 0.222 e. The maximum absolute atomic E-state index is 12.4. The molecule has 114 valence electrons. The maximum atomic E-state index is 12.4. The molecule has 1 amide bonds. The second-order valence-electron chi connectivity index (χ2n) is 6.94. The van der Waals surface area contributed by atoms with Crippen molar-refractivity contribution in [2.75, 3.05) is 39.3 Å². The fourth-order valence-corrected chi connectivity index (χ4v) is 3.71. The fraction of sp³-hybridized carbons (Fsp3) is 0.938. The number of carbonyl (C=O) groups is 1. The van der Waals surface area contributed by atoms with Gasteiger partial charge in [0.1, 0.15) is 0 Å². The molecule has 4 heteroatoms. The van der Waals surface area contributed by atoms with Crippen LogP contribution in [0.5, 0.6) is 0 Å². The number of piperazine rings is 1. The van der Waals surface area contributed by atoms with Gasteiger partial charge in [-0.1, -0.05) is 6.92 Å². The van der Waals surface area contributed by atoms with Crippen molar-refractivity contribution in [2.45, 2.75) is 45.1 Å². The molecule has 3 fully saturated rings. The van der Waals surface area contributed by atoms with Gasteiger partial charge in [-0.05, 0) is 50.6 Å². The van der Waals surface area contributed by atoms with Crippen LogP contribution >= 0.6 is 0 Å². The molecule has 4 nitrogen and oxygen atoms in total. The zero-order valence-corrected chi connectivity index (χ0v) is 12.8. The van der Waals surface area contributed by atoms with Crippen LogP contribution in [0.15, 0.2) is 0 Å². The molecule has 1 N–H and O–H groups in total. The van der Waals surface area contributed by atoms with E-state index in [2.05, 4.69) is 22.0 Å². The number of amides is 1. The van der Waals surface area contributed by atoms with Crippen molar-refractivity contribution < 1.29 is 4.79 Å². The molecule has 0 aromatic heterocycles. The van der Waals surface area contributed by atoms with Gasteiger partial charge in [-0.2, -0.15) is 0 Å². The van der Waals surface area contributed by atoms with E-state index in [1.54, 1.807) is 0 Å². The molecule has 3 rings (SSSR count). The van der Waals surface area contributed by atoms with Crippen molar-refractivity contribution in [1.29, 1.82) is 0 Å². The summed E-state index contributed by atoms with van der Waals surface area (Å²) in [5.41, 5.74) is 0. The minimum Gasteiger partial charge on any atom is -0.340 e. The first kappa shape index (κ1) is 14.3. The van der Waals surface area contributed by atoms with E-state index in [0.29, 0.717) is 17.7 Å². The Balaban J connectivity index is 1.41. The highest BCUT2D eigenvalue weighted by atomic mass is 16.2. The van der Waals surface area contributed by atoms with Crippen LogP contribution in [0.4, 0.5) is 0 Å². The van der Waals surface area contributed by atoms with E-state index in [9.17, 15) is 4.79 Å². The molecule has 0 spiro atoms. The number of carbonyl (C=O) groups excluding carboxylic acids is 1. The average Bonchev–Trinajstić information content (AvgIpc) is 3.33. The predicted octanol–water partition coefficient (Wildman–Crippen LogP) is 1.32. The Morgan fingerprint density at radius 1 is 1.20 bits per heavy atom. The van der Waals surface area contributed by atoms with Gasteiger partial charge in [-0.15, -0.1) is 0 Å². The largest absolute Gasteiger partial charge is 0.340 e. The lowest BCUT2D eigenvalue weighted by Gasteiger charge is -2.36. The summed E-state index contributed by atoms with van der Waals surface area (Å²) in [4.78, 5) is 17.1. The van der Waals surface area contributed by atoms with E-state index >= 15 is 0 Å². The fourth-order valence-electron chi connectivity index (χ4n) is 3.71. The highest BCUT2D eigenvalue weighted by Gasteiger charge is 2.32. The van der Waals surface area contributed by atoms with E-state index < -0.39 is 0 Å². The zero-order valence-electron chi connectivity index (χ0n) is 12.8. The molecular formula is C16H29N3O. The van der Waals surface area contributed by atoms with Gasteiger partial charge in [0.25, 0.3) is 0 Å². The molecule has 0 aromatic rings. The SMILES string of the molecule is CC(CC(=O)N1CCN(C2CC2)CC1)C1CCCNC1. The van der Waals surface area contributed by atoms with E-state index in [4.69, 9.17) is 0 Å². The Labute approximate surface area is 122 Å². The van der Waals surface area contributed by atoms with E-state index in [-0.39, 0.29) is 0 Å². The van der Waals surface area contributed by atoms with Crippen LogP contribution in [0.1, 0.15) is 39.0 Å².